The lowest BCUT2D eigenvalue weighted by atomic mass is 10.2. The van der Waals surface area contributed by atoms with Gasteiger partial charge in [0, 0.05) is 16.0 Å². The second-order valence-electron chi connectivity index (χ2n) is 5.28. The maximum absolute atomic E-state index is 4.45. The Morgan fingerprint density at radius 2 is 1.86 bits per heavy atom. The molecule has 0 fully saturated rings. The molecule has 0 aliphatic heterocycles. The molecule has 116 valence electrons. The predicted molar refractivity (Wildman–Crippen MR) is 96.5 cm³/mol. The topological polar surface area (TPSA) is 51.6 Å². The van der Waals surface area contributed by atoms with Crippen molar-refractivity contribution in [1.82, 2.24) is 20.2 Å². The van der Waals surface area contributed by atoms with Gasteiger partial charge in [0.1, 0.15) is 16.2 Å². The minimum atomic E-state index is 0.655. The van der Waals surface area contributed by atoms with E-state index in [0.717, 1.165) is 29.7 Å². The third-order valence-corrected chi connectivity index (χ3v) is 7.70. The molecular formula is C14H16N4S4. The molecule has 3 aromatic heterocycles. The van der Waals surface area contributed by atoms with Crippen LogP contribution in [0.1, 0.15) is 24.3 Å². The van der Waals surface area contributed by atoms with Crippen LogP contribution >= 0.6 is 46.2 Å². The van der Waals surface area contributed by atoms with Crippen LogP contribution in [0.15, 0.2) is 20.0 Å². The number of fused-ring (bicyclic) bond motifs is 1. The van der Waals surface area contributed by atoms with Gasteiger partial charge in [0.25, 0.3) is 0 Å². The molecule has 0 N–H and O–H groups in total. The Balaban J connectivity index is 1.84. The molecule has 0 aliphatic rings. The highest BCUT2D eigenvalue weighted by molar-refractivity contribution is 8.03. The van der Waals surface area contributed by atoms with E-state index >= 15 is 0 Å². The zero-order valence-electron chi connectivity index (χ0n) is 12.8. The van der Waals surface area contributed by atoms with Crippen molar-refractivity contribution in [3.8, 4) is 0 Å². The summed E-state index contributed by atoms with van der Waals surface area (Å²) in [6.07, 6.45) is 1.63. The van der Waals surface area contributed by atoms with Gasteiger partial charge in [-0.05, 0) is 37.1 Å². The standard InChI is InChI=1S/C14H16N4S4/c1-7(2)5-19-13-17-18-14(22-13)21-12-10-8(3)9(4)20-11(10)15-6-16-12/h6-7H,5H2,1-4H3. The molecule has 0 saturated heterocycles. The van der Waals surface area contributed by atoms with Crippen molar-refractivity contribution >= 4 is 56.4 Å². The third kappa shape index (κ3) is 3.45. The first-order chi connectivity index (χ1) is 10.5. The molecule has 0 aromatic carbocycles. The molecule has 0 atom stereocenters. The van der Waals surface area contributed by atoms with Crippen molar-refractivity contribution in [2.24, 2.45) is 5.92 Å². The Hall–Kier alpha value is -0.700. The van der Waals surface area contributed by atoms with E-state index in [-0.39, 0.29) is 0 Å². The lowest BCUT2D eigenvalue weighted by molar-refractivity contribution is 0.749. The van der Waals surface area contributed by atoms with E-state index < -0.39 is 0 Å². The van der Waals surface area contributed by atoms with Gasteiger partial charge in [-0.2, -0.15) is 0 Å². The van der Waals surface area contributed by atoms with Gasteiger partial charge in [0.15, 0.2) is 8.68 Å². The normalized spacial score (nSPS) is 11.7. The number of thioether (sulfide) groups is 1. The average molecular weight is 369 g/mol. The maximum atomic E-state index is 4.45. The number of aryl methyl sites for hydroxylation is 2. The summed E-state index contributed by atoms with van der Waals surface area (Å²) in [6, 6.07) is 0. The van der Waals surface area contributed by atoms with Crippen LogP contribution in [-0.4, -0.2) is 25.9 Å². The van der Waals surface area contributed by atoms with E-state index in [2.05, 4.69) is 47.9 Å². The molecule has 0 spiro atoms. The molecule has 0 saturated carbocycles. The van der Waals surface area contributed by atoms with Gasteiger partial charge >= 0.3 is 0 Å². The van der Waals surface area contributed by atoms with Gasteiger partial charge in [-0.15, -0.1) is 21.5 Å². The molecule has 0 radical (unpaired) electrons. The van der Waals surface area contributed by atoms with Gasteiger partial charge in [-0.25, -0.2) is 9.97 Å². The van der Waals surface area contributed by atoms with E-state index in [0.29, 0.717) is 5.92 Å². The van der Waals surface area contributed by atoms with Crippen molar-refractivity contribution in [1.29, 1.82) is 0 Å². The summed E-state index contributed by atoms with van der Waals surface area (Å²) < 4.78 is 1.97. The van der Waals surface area contributed by atoms with Gasteiger partial charge in [-0.1, -0.05) is 36.9 Å². The van der Waals surface area contributed by atoms with Gasteiger partial charge in [0.2, 0.25) is 0 Å². The fourth-order valence-corrected chi connectivity index (χ4v) is 5.97. The van der Waals surface area contributed by atoms with E-state index in [4.69, 9.17) is 0 Å². The predicted octanol–water partition coefficient (Wildman–Crippen LogP) is 5.06. The Bertz CT molecular complexity index is 793. The fraction of sp³-hybridized carbons (Fsp3) is 0.429. The maximum Gasteiger partial charge on any atom is 0.181 e. The smallest absolute Gasteiger partial charge is 0.181 e. The van der Waals surface area contributed by atoms with Crippen molar-refractivity contribution in [2.45, 2.75) is 41.4 Å². The molecule has 3 aromatic rings. The SMILES string of the molecule is Cc1sc2ncnc(Sc3nnc(SCC(C)C)s3)c2c1C. The second-order valence-corrected chi connectivity index (χ2v) is 9.97. The van der Waals surface area contributed by atoms with Crippen molar-refractivity contribution in [2.75, 3.05) is 5.75 Å². The van der Waals surface area contributed by atoms with Crippen LogP contribution in [-0.2, 0) is 0 Å². The lowest BCUT2D eigenvalue weighted by Gasteiger charge is -2.00. The molecule has 0 bridgehead atoms. The average Bonchev–Trinajstić information content (AvgIpc) is 3.03. The number of thiophene rings is 1. The Morgan fingerprint density at radius 1 is 1.09 bits per heavy atom. The van der Waals surface area contributed by atoms with Gasteiger partial charge in [-0.3, -0.25) is 0 Å². The summed E-state index contributed by atoms with van der Waals surface area (Å²) in [5, 5.41) is 10.7. The van der Waals surface area contributed by atoms with Crippen molar-refractivity contribution in [3.05, 3.63) is 16.8 Å². The highest BCUT2D eigenvalue weighted by Crippen LogP contribution is 2.39. The Labute approximate surface area is 146 Å². The number of rotatable bonds is 5. The summed E-state index contributed by atoms with van der Waals surface area (Å²) in [4.78, 5) is 11.2. The summed E-state index contributed by atoms with van der Waals surface area (Å²) in [6.45, 7) is 8.68. The van der Waals surface area contributed by atoms with Crippen LogP contribution in [0.4, 0.5) is 0 Å². The molecule has 3 rings (SSSR count). The number of hydrogen-bond acceptors (Lipinski definition) is 8. The van der Waals surface area contributed by atoms with Crippen LogP contribution < -0.4 is 0 Å². The first kappa shape index (κ1) is 16.2. The molecule has 3 heterocycles. The molecule has 8 heteroatoms. The summed E-state index contributed by atoms with van der Waals surface area (Å²) in [5.74, 6) is 1.72. The number of aromatic nitrogens is 4. The van der Waals surface area contributed by atoms with Crippen LogP contribution in [0.5, 0.6) is 0 Å². The molecule has 0 amide bonds. The van der Waals surface area contributed by atoms with Crippen LogP contribution in [0.3, 0.4) is 0 Å². The Morgan fingerprint density at radius 3 is 2.64 bits per heavy atom. The van der Waals surface area contributed by atoms with Crippen LogP contribution in [0.25, 0.3) is 10.2 Å². The lowest BCUT2D eigenvalue weighted by Crippen LogP contribution is -1.89. The number of hydrogen-bond donors (Lipinski definition) is 0. The largest absolute Gasteiger partial charge is 0.229 e. The molecule has 0 unspecified atom stereocenters. The highest BCUT2D eigenvalue weighted by Gasteiger charge is 2.15. The van der Waals surface area contributed by atoms with E-state index in [1.165, 1.54) is 10.4 Å². The quantitative estimate of drug-likeness (QED) is 0.463. The zero-order valence-corrected chi connectivity index (χ0v) is 16.0. The summed E-state index contributed by atoms with van der Waals surface area (Å²) in [5.41, 5.74) is 1.27. The molecule has 22 heavy (non-hydrogen) atoms. The minimum absolute atomic E-state index is 0.655. The van der Waals surface area contributed by atoms with Crippen LogP contribution in [0.2, 0.25) is 0 Å². The zero-order chi connectivity index (χ0) is 15.7. The highest BCUT2D eigenvalue weighted by atomic mass is 32.2. The van der Waals surface area contributed by atoms with Crippen molar-refractivity contribution in [3.63, 3.8) is 0 Å². The van der Waals surface area contributed by atoms with Crippen LogP contribution in [0, 0.1) is 19.8 Å². The van der Waals surface area contributed by atoms with E-state index in [9.17, 15) is 0 Å². The third-order valence-electron chi connectivity index (χ3n) is 3.04. The van der Waals surface area contributed by atoms with E-state index in [1.54, 1.807) is 52.5 Å². The number of nitrogens with zero attached hydrogens (tertiary/aromatic N) is 4. The first-order valence-corrected chi connectivity index (χ1v) is 10.3. The second kappa shape index (κ2) is 6.82. The Kier molecular flexibility index (Phi) is 5.01. The van der Waals surface area contributed by atoms with Crippen molar-refractivity contribution < 1.29 is 0 Å². The molecule has 0 aliphatic carbocycles. The fourth-order valence-electron chi connectivity index (χ4n) is 1.84. The summed E-state index contributed by atoms with van der Waals surface area (Å²) in [7, 11) is 0. The monoisotopic (exact) mass is 368 g/mol. The molecular weight excluding hydrogens is 352 g/mol. The van der Waals surface area contributed by atoms with Gasteiger partial charge in [0.05, 0.1) is 0 Å². The first-order valence-electron chi connectivity index (χ1n) is 6.89. The minimum Gasteiger partial charge on any atom is -0.229 e. The van der Waals surface area contributed by atoms with E-state index in [1.807, 2.05) is 0 Å². The van der Waals surface area contributed by atoms with Gasteiger partial charge < -0.3 is 0 Å². The summed E-state index contributed by atoms with van der Waals surface area (Å²) >= 11 is 6.71. The molecule has 4 nitrogen and oxygen atoms in total.